The second-order valence-corrected chi connectivity index (χ2v) is 4.14. The highest BCUT2D eigenvalue weighted by atomic mass is 35.5. The van der Waals surface area contributed by atoms with Crippen molar-refractivity contribution in [2.24, 2.45) is 0 Å². The molecule has 1 N–H and O–H groups in total. The maximum absolute atomic E-state index is 10.9. The molecule has 92 valence electrons. The van der Waals surface area contributed by atoms with Crippen LogP contribution in [0.2, 0.25) is 5.02 Å². The van der Waals surface area contributed by atoms with Crippen molar-refractivity contribution in [2.45, 2.75) is 18.9 Å². The number of rotatable bonds is 3. The Labute approximate surface area is 103 Å². The zero-order valence-electron chi connectivity index (χ0n) is 9.06. The molecule has 5 nitrogen and oxygen atoms in total. The van der Waals surface area contributed by atoms with E-state index < -0.39 is 5.97 Å². The third-order valence-corrected chi connectivity index (χ3v) is 2.82. The Hall–Kier alpha value is -1.33. The number of aromatic carboxylic acids is 1. The molecular weight excluding hydrogens is 246 g/mol. The number of hydrogen-bond acceptors (Lipinski definition) is 4. The number of aromatic nitrogens is 1. The summed E-state index contributed by atoms with van der Waals surface area (Å²) in [6.07, 6.45) is 2.89. The molecule has 6 heteroatoms. The summed E-state index contributed by atoms with van der Waals surface area (Å²) in [5.41, 5.74) is 0.00345. The highest BCUT2D eigenvalue weighted by Crippen LogP contribution is 2.21. The lowest BCUT2D eigenvalue weighted by Crippen LogP contribution is -2.26. The second kappa shape index (κ2) is 5.33. The van der Waals surface area contributed by atoms with Crippen LogP contribution >= 0.6 is 11.6 Å². The number of hydrogen-bond donors (Lipinski definition) is 1. The van der Waals surface area contributed by atoms with Gasteiger partial charge in [0.25, 0.3) is 0 Å². The molecule has 0 amide bonds. The van der Waals surface area contributed by atoms with E-state index >= 15 is 0 Å². The van der Waals surface area contributed by atoms with Crippen LogP contribution in [-0.2, 0) is 4.74 Å². The summed E-state index contributed by atoms with van der Waals surface area (Å²) in [4.78, 5) is 14.8. The van der Waals surface area contributed by atoms with E-state index in [1.54, 1.807) is 0 Å². The summed E-state index contributed by atoms with van der Waals surface area (Å²) >= 11 is 5.72. The predicted octanol–water partition coefficient (Wildman–Crippen LogP) is 1.99. The lowest BCUT2D eigenvalue weighted by molar-refractivity contribution is 0.0236. The van der Waals surface area contributed by atoms with E-state index in [4.69, 9.17) is 26.2 Å². The Morgan fingerprint density at radius 3 is 2.88 bits per heavy atom. The van der Waals surface area contributed by atoms with Gasteiger partial charge < -0.3 is 14.6 Å². The molecule has 17 heavy (non-hydrogen) atoms. The van der Waals surface area contributed by atoms with Crippen molar-refractivity contribution >= 4 is 17.6 Å². The Kier molecular flexibility index (Phi) is 3.81. The monoisotopic (exact) mass is 257 g/mol. The van der Waals surface area contributed by atoms with Crippen LogP contribution in [0.15, 0.2) is 12.3 Å². The maximum atomic E-state index is 10.9. The quantitative estimate of drug-likeness (QED) is 0.897. The summed E-state index contributed by atoms with van der Waals surface area (Å²) in [6.45, 7) is 1.31. The van der Waals surface area contributed by atoms with Gasteiger partial charge in [-0.3, -0.25) is 0 Å². The molecule has 0 aliphatic carbocycles. The number of pyridine rings is 1. The SMILES string of the molecule is O=C(O)c1cc(OC2CCOCC2)ncc1Cl. The molecule has 1 fully saturated rings. The van der Waals surface area contributed by atoms with Gasteiger partial charge in [-0.2, -0.15) is 0 Å². The van der Waals surface area contributed by atoms with Crippen molar-refractivity contribution in [3.05, 3.63) is 22.8 Å². The van der Waals surface area contributed by atoms with Crippen LogP contribution in [0.4, 0.5) is 0 Å². The fourth-order valence-corrected chi connectivity index (χ4v) is 1.80. The molecule has 0 aromatic carbocycles. The Balaban J connectivity index is 2.10. The van der Waals surface area contributed by atoms with E-state index in [-0.39, 0.29) is 16.7 Å². The zero-order valence-corrected chi connectivity index (χ0v) is 9.81. The smallest absolute Gasteiger partial charge is 0.337 e. The van der Waals surface area contributed by atoms with Gasteiger partial charge in [-0.25, -0.2) is 9.78 Å². The van der Waals surface area contributed by atoms with Gasteiger partial charge in [-0.1, -0.05) is 11.6 Å². The van der Waals surface area contributed by atoms with Crippen LogP contribution < -0.4 is 4.74 Å². The third kappa shape index (κ3) is 3.08. The zero-order chi connectivity index (χ0) is 12.3. The number of ether oxygens (including phenoxy) is 2. The average molecular weight is 258 g/mol. The Morgan fingerprint density at radius 2 is 2.24 bits per heavy atom. The standard InChI is InChI=1S/C11H12ClNO4/c12-9-6-13-10(5-8(9)11(14)15)17-7-1-3-16-4-2-7/h5-7H,1-4H2,(H,14,15). The van der Waals surface area contributed by atoms with Gasteiger partial charge in [-0.15, -0.1) is 0 Å². The molecule has 2 heterocycles. The minimum absolute atomic E-state index is 0.00345. The van der Waals surface area contributed by atoms with Gasteiger partial charge in [0.15, 0.2) is 0 Å². The normalized spacial score (nSPS) is 16.8. The van der Waals surface area contributed by atoms with Crippen LogP contribution in [0.3, 0.4) is 0 Å². The molecule has 2 rings (SSSR count). The molecule has 0 radical (unpaired) electrons. The van der Waals surface area contributed by atoms with Crippen molar-refractivity contribution in [1.29, 1.82) is 0 Å². The first kappa shape index (κ1) is 12.1. The van der Waals surface area contributed by atoms with Gasteiger partial charge >= 0.3 is 5.97 Å². The average Bonchev–Trinajstić information content (AvgIpc) is 2.32. The van der Waals surface area contributed by atoms with E-state index in [2.05, 4.69) is 4.98 Å². The predicted molar refractivity (Wildman–Crippen MR) is 60.7 cm³/mol. The Bertz CT molecular complexity index is 418. The van der Waals surface area contributed by atoms with Crippen LogP contribution in [0, 0.1) is 0 Å². The van der Waals surface area contributed by atoms with E-state index in [9.17, 15) is 4.79 Å². The summed E-state index contributed by atoms with van der Waals surface area (Å²) < 4.78 is 10.8. The van der Waals surface area contributed by atoms with Gasteiger partial charge in [-0.05, 0) is 0 Å². The van der Waals surface area contributed by atoms with Crippen LogP contribution in [-0.4, -0.2) is 35.4 Å². The number of carboxylic acids is 1. The summed E-state index contributed by atoms with van der Waals surface area (Å²) in [6, 6.07) is 1.35. The highest BCUT2D eigenvalue weighted by Gasteiger charge is 2.17. The molecule has 0 atom stereocenters. The fourth-order valence-electron chi connectivity index (χ4n) is 1.61. The molecule has 1 aromatic heterocycles. The van der Waals surface area contributed by atoms with Crippen molar-refractivity contribution in [3.8, 4) is 5.88 Å². The molecule has 1 aliphatic rings. The minimum Gasteiger partial charge on any atom is -0.478 e. The highest BCUT2D eigenvalue weighted by molar-refractivity contribution is 6.33. The number of carboxylic acid groups (broad SMARTS) is 1. The van der Waals surface area contributed by atoms with Crippen LogP contribution in [0.25, 0.3) is 0 Å². The van der Waals surface area contributed by atoms with E-state index in [1.807, 2.05) is 0 Å². The minimum atomic E-state index is -1.09. The Morgan fingerprint density at radius 1 is 1.53 bits per heavy atom. The van der Waals surface area contributed by atoms with Crippen LogP contribution in [0.5, 0.6) is 5.88 Å². The summed E-state index contributed by atoms with van der Waals surface area (Å²) in [5, 5.41) is 9.02. The number of carbonyl (C=O) groups is 1. The lowest BCUT2D eigenvalue weighted by Gasteiger charge is -2.22. The topological polar surface area (TPSA) is 68.7 Å². The summed E-state index contributed by atoms with van der Waals surface area (Å²) in [5.74, 6) is -0.798. The van der Waals surface area contributed by atoms with E-state index in [0.717, 1.165) is 12.8 Å². The first-order valence-electron chi connectivity index (χ1n) is 5.30. The number of nitrogens with zero attached hydrogens (tertiary/aromatic N) is 1. The van der Waals surface area contributed by atoms with Gasteiger partial charge in [0, 0.05) is 18.9 Å². The van der Waals surface area contributed by atoms with Crippen LogP contribution in [0.1, 0.15) is 23.2 Å². The van der Waals surface area contributed by atoms with Crippen molar-refractivity contribution in [3.63, 3.8) is 0 Å². The van der Waals surface area contributed by atoms with Gasteiger partial charge in [0.1, 0.15) is 6.10 Å². The first-order valence-corrected chi connectivity index (χ1v) is 5.68. The first-order chi connectivity index (χ1) is 8.16. The number of halogens is 1. The fraction of sp³-hybridized carbons (Fsp3) is 0.455. The largest absolute Gasteiger partial charge is 0.478 e. The summed E-state index contributed by atoms with van der Waals surface area (Å²) in [7, 11) is 0. The molecular formula is C11H12ClNO4. The molecule has 0 spiro atoms. The third-order valence-electron chi connectivity index (χ3n) is 2.52. The maximum Gasteiger partial charge on any atom is 0.337 e. The molecule has 1 saturated heterocycles. The molecule has 0 saturated carbocycles. The second-order valence-electron chi connectivity index (χ2n) is 3.74. The van der Waals surface area contributed by atoms with Gasteiger partial charge in [0.2, 0.25) is 5.88 Å². The van der Waals surface area contributed by atoms with E-state index in [1.165, 1.54) is 12.3 Å². The molecule has 1 aromatic rings. The van der Waals surface area contributed by atoms with Crippen molar-refractivity contribution in [2.75, 3.05) is 13.2 Å². The molecule has 0 bridgehead atoms. The molecule has 0 unspecified atom stereocenters. The lowest BCUT2D eigenvalue weighted by atomic mass is 10.1. The van der Waals surface area contributed by atoms with Crippen molar-refractivity contribution < 1.29 is 19.4 Å². The molecule has 1 aliphatic heterocycles. The van der Waals surface area contributed by atoms with Gasteiger partial charge in [0.05, 0.1) is 30.0 Å². The van der Waals surface area contributed by atoms with Crippen molar-refractivity contribution in [1.82, 2.24) is 4.98 Å². The van der Waals surface area contributed by atoms with E-state index in [0.29, 0.717) is 19.1 Å².